The summed E-state index contributed by atoms with van der Waals surface area (Å²) in [6.45, 7) is 0. The first-order valence-electron chi connectivity index (χ1n) is 11.4. The second-order valence-electron chi connectivity index (χ2n) is 8.22. The highest BCUT2D eigenvalue weighted by Gasteiger charge is 2.23. The van der Waals surface area contributed by atoms with Crippen LogP contribution in [0.2, 0.25) is 0 Å². The lowest BCUT2D eigenvalue weighted by Gasteiger charge is -2.15. The summed E-state index contributed by atoms with van der Waals surface area (Å²) in [7, 11) is 3.31. The van der Waals surface area contributed by atoms with Crippen molar-refractivity contribution in [2.24, 2.45) is 0 Å². The lowest BCUT2D eigenvalue weighted by Crippen LogP contribution is -2.01. The molecular formula is C30H23N3O2. The molecule has 5 heteroatoms. The molecule has 0 aliphatic rings. The molecule has 0 radical (unpaired) electrons. The fourth-order valence-electron chi connectivity index (χ4n) is 4.55. The first kappa shape index (κ1) is 20.9. The molecule has 0 aliphatic carbocycles. The number of rotatable bonds is 5. The van der Waals surface area contributed by atoms with Crippen LogP contribution in [0.5, 0.6) is 11.5 Å². The first-order chi connectivity index (χ1) is 17.3. The highest BCUT2D eigenvalue weighted by molar-refractivity contribution is 5.97. The van der Waals surface area contributed by atoms with E-state index in [1.54, 1.807) is 14.2 Å². The number of para-hydroxylation sites is 1. The molecule has 0 bridgehead atoms. The molecule has 0 spiro atoms. The number of hydrogen-bond donors (Lipinski definition) is 0. The van der Waals surface area contributed by atoms with Gasteiger partial charge in [0.25, 0.3) is 0 Å². The molecule has 6 rings (SSSR count). The van der Waals surface area contributed by atoms with Crippen LogP contribution in [-0.4, -0.2) is 28.6 Å². The third kappa shape index (κ3) is 3.49. The Morgan fingerprint density at radius 2 is 1.34 bits per heavy atom. The maximum absolute atomic E-state index is 5.79. The number of ether oxygens (including phenoxy) is 2. The van der Waals surface area contributed by atoms with Crippen LogP contribution in [0.3, 0.4) is 0 Å². The molecular weight excluding hydrogens is 434 g/mol. The van der Waals surface area contributed by atoms with E-state index in [2.05, 4.69) is 34.7 Å². The first-order valence-corrected chi connectivity index (χ1v) is 11.4. The van der Waals surface area contributed by atoms with Gasteiger partial charge in [0.05, 0.1) is 36.7 Å². The quantitative estimate of drug-likeness (QED) is 0.282. The summed E-state index contributed by atoms with van der Waals surface area (Å²) in [6, 6.07) is 34.6. The monoisotopic (exact) mass is 457 g/mol. The van der Waals surface area contributed by atoms with Crippen LogP contribution < -0.4 is 9.47 Å². The molecule has 0 fully saturated rings. The van der Waals surface area contributed by atoms with Crippen molar-refractivity contribution in [3.05, 3.63) is 103 Å². The van der Waals surface area contributed by atoms with Gasteiger partial charge in [-0.25, -0.2) is 9.97 Å². The van der Waals surface area contributed by atoms with Gasteiger partial charge in [-0.1, -0.05) is 72.8 Å². The van der Waals surface area contributed by atoms with Gasteiger partial charge in [0.15, 0.2) is 5.82 Å². The van der Waals surface area contributed by atoms with Gasteiger partial charge in [-0.15, -0.1) is 0 Å². The maximum atomic E-state index is 5.79. The summed E-state index contributed by atoms with van der Waals surface area (Å²) in [4.78, 5) is 10.4. The van der Waals surface area contributed by atoms with Crippen LogP contribution in [0.15, 0.2) is 103 Å². The molecule has 0 atom stereocenters. The Balaban J connectivity index is 1.80. The van der Waals surface area contributed by atoms with E-state index >= 15 is 0 Å². The van der Waals surface area contributed by atoms with Crippen LogP contribution in [0.4, 0.5) is 0 Å². The molecule has 4 aromatic carbocycles. The predicted octanol–water partition coefficient (Wildman–Crippen LogP) is 6.90. The van der Waals surface area contributed by atoms with E-state index < -0.39 is 0 Å². The van der Waals surface area contributed by atoms with Crippen molar-refractivity contribution >= 4 is 16.6 Å². The normalized spacial score (nSPS) is 11.1. The molecule has 5 nitrogen and oxygen atoms in total. The lowest BCUT2D eigenvalue weighted by atomic mass is 10.0. The Hall–Kier alpha value is -4.64. The van der Waals surface area contributed by atoms with E-state index in [0.29, 0.717) is 5.75 Å². The van der Waals surface area contributed by atoms with Gasteiger partial charge < -0.3 is 9.47 Å². The number of imidazole rings is 1. The van der Waals surface area contributed by atoms with Gasteiger partial charge in [0, 0.05) is 22.6 Å². The summed E-state index contributed by atoms with van der Waals surface area (Å²) in [5, 5.41) is 0.989. The second-order valence-corrected chi connectivity index (χ2v) is 8.22. The molecule has 0 unspecified atom stereocenters. The van der Waals surface area contributed by atoms with Crippen LogP contribution >= 0.6 is 0 Å². The Morgan fingerprint density at radius 3 is 2.06 bits per heavy atom. The zero-order valence-electron chi connectivity index (χ0n) is 19.5. The van der Waals surface area contributed by atoms with Crippen molar-refractivity contribution in [1.29, 1.82) is 0 Å². The summed E-state index contributed by atoms with van der Waals surface area (Å²) < 4.78 is 13.4. The number of benzene rings is 4. The standard InChI is InChI=1S/C30H23N3O2/c1-34-22-17-18-24(26(19-22)35-2)30-31-25-16-10-9-15-23(25)29-32-27(20-11-5-3-6-12-20)28(33(29)30)21-13-7-4-8-14-21/h3-19H,1-2H3. The molecule has 170 valence electrons. The van der Waals surface area contributed by atoms with Gasteiger partial charge in [-0.05, 0) is 24.3 Å². The van der Waals surface area contributed by atoms with Crippen molar-refractivity contribution in [2.45, 2.75) is 0 Å². The minimum Gasteiger partial charge on any atom is -0.497 e. The molecule has 6 aromatic rings. The van der Waals surface area contributed by atoms with Crippen LogP contribution in [0.1, 0.15) is 0 Å². The van der Waals surface area contributed by atoms with Crippen molar-refractivity contribution in [3.63, 3.8) is 0 Å². The molecule has 0 N–H and O–H groups in total. The Kier molecular flexibility index (Phi) is 5.15. The predicted molar refractivity (Wildman–Crippen MR) is 140 cm³/mol. The zero-order chi connectivity index (χ0) is 23.8. The molecule has 2 heterocycles. The van der Waals surface area contributed by atoms with Crippen molar-refractivity contribution in [1.82, 2.24) is 14.4 Å². The van der Waals surface area contributed by atoms with Gasteiger partial charge in [0.2, 0.25) is 0 Å². The van der Waals surface area contributed by atoms with Crippen molar-refractivity contribution in [2.75, 3.05) is 14.2 Å². The number of fused-ring (bicyclic) bond motifs is 3. The van der Waals surface area contributed by atoms with E-state index in [4.69, 9.17) is 19.4 Å². The minimum absolute atomic E-state index is 0.683. The van der Waals surface area contributed by atoms with Crippen LogP contribution in [0.25, 0.3) is 50.5 Å². The van der Waals surface area contributed by atoms with Gasteiger partial charge in [-0.2, -0.15) is 0 Å². The fraction of sp³-hybridized carbons (Fsp3) is 0.0667. The third-order valence-electron chi connectivity index (χ3n) is 6.20. The second kappa shape index (κ2) is 8.61. The largest absolute Gasteiger partial charge is 0.497 e. The topological polar surface area (TPSA) is 48.7 Å². The van der Waals surface area contributed by atoms with Gasteiger partial charge in [0.1, 0.15) is 17.1 Å². The lowest BCUT2D eigenvalue weighted by molar-refractivity contribution is 0.395. The van der Waals surface area contributed by atoms with E-state index in [0.717, 1.165) is 56.2 Å². The molecule has 2 aromatic heterocycles. The summed E-state index contributed by atoms with van der Waals surface area (Å²) in [5.74, 6) is 2.16. The van der Waals surface area contributed by atoms with Crippen molar-refractivity contribution in [3.8, 4) is 45.4 Å². The average molecular weight is 458 g/mol. The summed E-state index contributed by atoms with van der Waals surface area (Å²) >= 11 is 0. The molecule has 0 saturated heterocycles. The number of aromatic nitrogens is 3. The number of hydrogen-bond acceptors (Lipinski definition) is 4. The highest BCUT2D eigenvalue weighted by Crippen LogP contribution is 2.40. The Labute approximate surface area is 203 Å². The summed E-state index contributed by atoms with van der Waals surface area (Å²) in [6.07, 6.45) is 0. The highest BCUT2D eigenvalue weighted by atomic mass is 16.5. The molecule has 0 saturated carbocycles. The number of nitrogens with zero attached hydrogens (tertiary/aromatic N) is 3. The van der Waals surface area contributed by atoms with Crippen LogP contribution in [0, 0.1) is 0 Å². The van der Waals surface area contributed by atoms with Gasteiger partial charge >= 0.3 is 0 Å². The van der Waals surface area contributed by atoms with E-state index in [1.165, 1.54) is 0 Å². The maximum Gasteiger partial charge on any atom is 0.150 e. The zero-order valence-corrected chi connectivity index (χ0v) is 19.5. The molecule has 0 amide bonds. The van der Waals surface area contributed by atoms with E-state index in [-0.39, 0.29) is 0 Å². The molecule has 0 aliphatic heterocycles. The van der Waals surface area contributed by atoms with Crippen LogP contribution in [-0.2, 0) is 0 Å². The Morgan fingerprint density at radius 1 is 0.657 bits per heavy atom. The smallest absolute Gasteiger partial charge is 0.150 e. The summed E-state index contributed by atoms with van der Waals surface area (Å²) in [5.41, 5.74) is 6.58. The minimum atomic E-state index is 0.683. The van der Waals surface area contributed by atoms with Crippen molar-refractivity contribution < 1.29 is 9.47 Å². The fourth-order valence-corrected chi connectivity index (χ4v) is 4.55. The van der Waals surface area contributed by atoms with E-state index in [9.17, 15) is 0 Å². The average Bonchev–Trinajstić information content (AvgIpc) is 3.34. The number of methoxy groups -OCH3 is 2. The molecule has 35 heavy (non-hydrogen) atoms. The third-order valence-corrected chi connectivity index (χ3v) is 6.20. The van der Waals surface area contributed by atoms with Gasteiger partial charge in [-0.3, -0.25) is 4.40 Å². The SMILES string of the molecule is COc1ccc(-c2nc3ccccc3c3nc(-c4ccccc4)c(-c4ccccc4)n23)c(OC)c1. The Bertz CT molecular complexity index is 1660. The van der Waals surface area contributed by atoms with E-state index in [1.807, 2.05) is 72.8 Å².